The Morgan fingerprint density at radius 3 is 2.75 bits per heavy atom. The number of aryl methyl sites for hydroxylation is 2. The number of hydrogen-bond donors (Lipinski definition) is 1. The van der Waals surface area contributed by atoms with Crippen molar-refractivity contribution in [3.63, 3.8) is 0 Å². The second kappa shape index (κ2) is 6.34. The first-order valence-electron chi connectivity index (χ1n) is 6.16. The van der Waals surface area contributed by atoms with Crippen molar-refractivity contribution in [3.8, 4) is 5.75 Å². The molecule has 0 radical (unpaired) electrons. The lowest BCUT2D eigenvalue weighted by Crippen LogP contribution is -2.07. The summed E-state index contributed by atoms with van der Waals surface area (Å²) in [4.78, 5) is 17.2. The maximum Gasteiger partial charge on any atom is 0.250 e. The smallest absolute Gasteiger partial charge is 0.250 e. The van der Waals surface area contributed by atoms with Crippen molar-refractivity contribution in [3.05, 3.63) is 46.5 Å². The van der Waals surface area contributed by atoms with Crippen LogP contribution in [0.4, 0.5) is 5.13 Å². The van der Waals surface area contributed by atoms with Gasteiger partial charge in [-0.1, -0.05) is 18.2 Å². The highest BCUT2D eigenvalue weighted by atomic mass is 32.1. The number of carbonyl (C=O) groups excluding carboxylic acids is 1. The lowest BCUT2D eigenvalue weighted by molar-refractivity contribution is -0.111. The normalized spacial score (nSPS) is 10.8. The van der Waals surface area contributed by atoms with Gasteiger partial charge in [0, 0.05) is 16.5 Å². The maximum atomic E-state index is 11.8. The number of benzene rings is 1. The van der Waals surface area contributed by atoms with Gasteiger partial charge in [0.2, 0.25) is 5.91 Å². The van der Waals surface area contributed by atoms with Crippen LogP contribution >= 0.6 is 11.3 Å². The number of carbonyl (C=O) groups is 1. The number of nitrogens with one attached hydrogen (secondary N) is 1. The molecule has 0 fully saturated rings. The summed E-state index contributed by atoms with van der Waals surface area (Å²) in [6.07, 6.45) is 3.20. The molecule has 5 heteroatoms. The minimum Gasteiger partial charge on any atom is -0.496 e. The van der Waals surface area contributed by atoms with Gasteiger partial charge in [0.15, 0.2) is 5.13 Å². The van der Waals surface area contributed by atoms with E-state index >= 15 is 0 Å². The summed E-state index contributed by atoms with van der Waals surface area (Å²) >= 11 is 1.47. The molecule has 1 N–H and O–H groups in total. The number of methoxy groups -OCH3 is 1. The zero-order chi connectivity index (χ0) is 14.5. The SMILES string of the molecule is COc1ccccc1C=CC(=O)Nc1nc(C)c(C)s1. The summed E-state index contributed by atoms with van der Waals surface area (Å²) < 4.78 is 5.22. The molecule has 2 rings (SSSR count). The molecule has 104 valence electrons. The summed E-state index contributed by atoms with van der Waals surface area (Å²) in [7, 11) is 1.61. The van der Waals surface area contributed by atoms with E-state index in [-0.39, 0.29) is 5.91 Å². The predicted molar refractivity (Wildman–Crippen MR) is 82.2 cm³/mol. The fourth-order valence-corrected chi connectivity index (χ4v) is 2.46. The van der Waals surface area contributed by atoms with E-state index in [1.165, 1.54) is 17.4 Å². The van der Waals surface area contributed by atoms with Gasteiger partial charge in [-0.3, -0.25) is 10.1 Å². The second-order valence-electron chi connectivity index (χ2n) is 4.23. The van der Waals surface area contributed by atoms with Gasteiger partial charge < -0.3 is 4.74 Å². The highest BCUT2D eigenvalue weighted by Crippen LogP contribution is 2.21. The van der Waals surface area contributed by atoms with Crippen LogP contribution in [0.3, 0.4) is 0 Å². The number of anilines is 1. The van der Waals surface area contributed by atoms with Crippen LogP contribution in [0.5, 0.6) is 5.75 Å². The van der Waals surface area contributed by atoms with Crippen molar-refractivity contribution in [1.29, 1.82) is 0 Å². The van der Waals surface area contributed by atoms with Gasteiger partial charge in [0.25, 0.3) is 0 Å². The van der Waals surface area contributed by atoms with E-state index in [0.29, 0.717) is 5.13 Å². The highest BCUT2D eigenvalue weighted by molar-refractivity contribution is 7.15. The molecule has 0 spiro atoms. The van der Waals surface area contributed by atoms with E-state index in [0.717, 1.165) is 21.9 Å². The summed E-state index contributed by atoms with van der Waals surface area (Å²) in [5.41, 5.74) is 1.80. The van der Waals surface area contributed by atoms with Crippen LogP contribution in [-0.4, -0.2) is 18.0 Å². The Labute approximate surface area is 122 Å². The molecule has 0 aliphatic heterocycles. The fourth-order valence-electron chi connectivity index (χ4n) is 1.64. The number of nitrogens with zero attached hydrogens (tertiary/aromatic N) is 1. The lowest BCUT2D eigenvalue weighted by atomic mass is 10.2. The summed E-state index contributed by atoms with van der Waals surface area (Å²) in [5.74, 6) is 0.530. The number of rotatable bonds is 4. The van der Waals surface area contributed by atoms with Gasteiger partial charge in [0.05, 0.1) is 12.8 Å². The lowest BCUT2D eigenvalue weighted by Gasteiger charge is -2.03. The predicted octanol–water partition coefficient (Wildman–Crippen LogP) is 3.42. The average Bonchev–Trinajstić information content (AvgIpc) is 2.75. The van der Waals surface area contributed by atoms with Crippen LogP contribution in [0.1, 0.15) is 16.1 Å². The molecular weight excluding hydrogens is 272 g/mol. The van der Waals surface area contributed by atoms with Gasteiger partial charge in [-0.05, 0) is 26.0 Å². The molecule has 4 nitrogen and oxygen atoms in total. The first-order valence-corrected chi connectivity index (χ1v) is 6.98. The van der Waals surface area contributed by atoms with Gasteiger partial charge in [-0.25, -0.2) is 4.98 Å². The number of para-hydroxylation sites is 1. The van der Waals surface area contributed by atoms with Crippen molar-refractivity contribution >= 4 is 28.5 Å². The Morgan fingerprint density at radius 2 is 2.10 bits per heavy atom. The molecule has 0 aliphatic rings. The van der Waals surface area contributed by atoms with Crippen molar-refractivity contribution in [2.75, 3.05) is 12.4 Å². The van der Waals surface area contributed by atoms with Crippen molar-refractivity contribution in [2.24, 2.45) is 0 Å². The quantitative estimate of drug-likeness (QED) is 0.877. The van der Waals surface area contributed by atoms with Crippen LogP contribution in [0.2, 0.25) is 0 Å². The molecule has 20 heavy (non-hydrogen) atoms. The first-order chi connectivity index (χ1) is 9.60. The van der Waals surface area contributed by atoms with Crippen LogP contribution in [0, 0.1) is 13.8 Å². The summed E-state index contributed by atoms with van der Waals surface area (Å²) in [5, 5.41) is 3.37. The Hall–Kier alpha value is -2.14. The second-order valence-corrected chi connectivity index (χ2v) is 5.43. The number of thiazole rings is 1. The van der Waals surface area contributed by atoms with E-state index < -0.39 is 0 Å². The molecule has 0 unspecified atom stereocenters. The molecule has 1 aromatic heterocycles. The number of ether oxygens (including phenoxy) is 1. The highest BCUT2D eigenvalue weighted by Gasteiger charge is 2.05. The Bertz CT molecular complexity index is 628. The third-order valence-electron chi connectivity index (χ3n) is 2.81. The van der Waals surface area contributed by atoms with E-state index in [4.69, 9.17) is 4.74 Å². The standard InChI is InChI=1S/C15H16N2O2S/c1-10-11(2)20-15(16-10)17-14(18)9-8-12-6-4-5-7-13(12)19-3/h4-9H,1-3H3,(H,16,17,18). The van der Waals surface area contributed by atoms with Gasteiger partial charge in [-0.2, -0.15) is 0 Å². The fraction of sp³-hybridized carbons (Fsp3) is 0.200. The Balaban J connectivity index is 2.05. The molecule has 1 aromatic carbocycles. The summed E-state index contributed by atoms with van der Waals surface area (Å²) in [6.45, 7) is 3.90. The van der Waals surface area contributed by atoms with Crippen LogP contribution < -0.4 is 10.1 Å². The average molecular weight is 288 g/mol. The molecule has 0 bridgehead atoms. The molecular formula is C15H16N2O2S. The summed E-state index contributed by atoms with van der Waals surface area (Å²) in [6, 6.07) is 7.52. The van der Waals surface area contributed by atoms with Crippen molar-refractivity contribution in [1.82, 2.24) is 4.98 Å². The van der Waals surface area contributed by atoms with Crippen molar-refractivity contribution in [2.45, 2.75) is 13.8 Å². The molecule has 0 saturated heterocycles. The maximum absolute atomic E-state index is 11.8. The van der Waals surface area contributed by atoms with E-state index in [2.05, 4.69) is 10.3 Å². The zero-order valence-corrected chi connectivity index (χ0v) is 12.5. The van der Waals surface area contributed by atoms with E-state index in [1.807, 2.05) is 38.1 Å². The van der Waals surface area contributed by atoms with Crippen molar-refractivity contribution < 1.29 is 9.53 Å². The molecule has 0 saturated carbocycles. The molecule has 1 amide bonds. The molecule has 1 heterocycles. The third-order valence-corrected chi connectivity index (χ3v) is 3.80. The number of hydrogen-bond acceptors (Lipinski definition) is 4. The Kier molecular flexibility index (Phi) is 4.53. The van der Waals surface area contributed by atoms with Crippen LogP contribution in [-0.2, 0) is 4.79 Å². The van der Waals surface area contributed by atoms with Crippen LogP contribution in [0.15, 0.2) is 30.3 Å². The minimum atomic E-state index is -0.204. The number of amides is 1. The largest absolute Gasteiger partial charge is 0.496 e. The van der Waals surface area contributed by atoms with Gasteiger partial charge in [0.1, 0.15) is 5.75 Å². The number of aromatic nitrogens is 1. The monoisotopic (exact) mass is 288 g/mol. The third kappa shape index (κ3) is 3.45. The molecule has 0 aliphatic carbocycles. The van der Waals surface area contributed by atoms with E-state index in [1.54, 1.807) is 13.2 Å². The minimum absolute atomic E-state index is 0.204. The topological polar surface area (TPSA) is 51.2 Å². The van der Waals surface area contributed by atoms with E-state index in [9.17, 15) is 4.79 Å². The first kappa shape index (κ1) is 14.3. The molecule has 0 atom stereocenters. The molecule has 2 aromatic rings. The Morgan fingerprint density at radius 1 is 1.35 bits per heavy atom. The van der Waals surface area contributed by atoms with Gasteiger partial charge >= 0.3 is 0 Å². The van der Waals surface area contributed by atoms with Crippen LogP contribution in [0.25, 0.3) is 6.08 Å². The van der Waals surface area contributed by atoms with Gasteiger partial charge in [-0.15, -0.1) is 11.3 Å². The zero-order valence-electron chi connectivity index (χ0n) is 11.6.